The van der Waals surface area contributed by atoms with Crippen molar-refractivity contribution in [1.29, 1.82) is 0 Å². The summed E-state index contributed by atoms with van der Waals surface area (Å²) < 4.78 is 11.7. The second kappa shape index (κ2) is 16.3. The average molecular weight is 817 g/mol. The molecular weight excluding hydrogens is 765 g/mol. The smallest absolute Gasteiger partial charge is 0.407 e. The maximum Gasteiger partial charge on any atom is 0.407 e. The van der Waals surface area contributed by atoms with Crippen molar-refractivity contribution < 1.29 is 28.7 Å². The molecule has 2 fully saturated rings. The van der Waals surface area contributed by atoms with Crippen molar-refractivity contribution in [2.75, 3.05) is 27.3 Å². The van der Waals surface area contributed by atoms with Gasteiger partial charge in [-0.2, -0.15) is 0 Å². The number of imidazole rings is 2. The summed E-state index contributed by atoms with van der Waals surface area (Å²) in [6, 6.07) is 12.8. The van der Waals surface area contributed by atoms with Crippen molar-refractivity contribution in [2.24, 2.45) is 11.8 Å². The van der Waals surface area contributed by atoms with Crippen LogP contribution >= 0.6 is 0 Å². The number of alkyl carbamates (subject to hydrolysis) is 2. The Bertz CT molecular complexity index is 2610. The highest BCUT2D eigenvalue weighted by Crippen LogP contribution is 2.36. The van der Waals surface area contributed by atoms with E-state index < -0.39 is 24.3 Å². The summed E-state index contributed by atoms with van der Waals surface area (Å²) >= 11 is 0. The van der Waals surface area contributed by atoms with E-state index in [0.29, 0.717) is 24.7 Å². The Balaban J connectivity index is 1.04. The highest BCUT2D eigenvalue weighted by Gasteiger charge is 2.39. The van der Waals surface area contributed by atoms with Gasteiger partial charge in [0.25, 0.3) is 0 Å². The number of amides is 4. The zero-order chi connectivity index (χ0) is 42.4. The molecule has 2 saturated heterocycles. The van der Waals surface area contributed by atoms with Gasteiger partial charge in [-0.1, -0.05) is 45.9 Å². The summed E-state index contributed by atoms with van der Waals surface area (Å²) in [5.74, 6) is 1.73. The molecule has 0 spiro atoms. The number of ether oxygens (including phenoxy) is 2. The molecule has 4 N–H and O–H groups in total. The maximum absolute atomic E-state index is 13.7. The summed E-state index contributed by atoms with van der Waals surface area (Å²) in [7, 11) is 2.58. The number of aryl methyl sites for hydroxylation is 1. The Morgan fingerprint density at radius 3 is 1.75 bits per heavy atom. The lowest BCUT2D eigenvalue weighted by molar-refractivity contribution is -0.136. The Kier molecular flexibility index (Phi) is 11.0. The topological polar surface area (TPSA) is 192 Å². The van der Waals surface area contributed by atoms with Crippen LogP contribution in [0, 0.1) is 18.8 Å². The van der Waals surface area contributed by atoms with Crippen molar-refractivity contribution in [3.8, 4) is 22.5 Å². The predicted molar refractivity (Wildman–Crippen MR) is 226 cm³/mol. The van der Waals surface area contributed by atoms with Crippen LogP contribution in [-0.4, -0.2) is 103 Å². The standard InChI is InChI=1S/C44H52N10O6/c1-23(2)37(50-43(57)59-6)41(55)52-16-8-10-34(52)39-45-21-31(48-39)26-13-15-33-28(18-26)20-36-29-14-12-27(19-30(29)47-25(5)54(33)36)32-22-46-40(49-32)35-11-9-17-53(35)42(56)38(24(3)4)51-44(58)60-7/h12-15,18-24,34-35,37-38H,8-11,16-17H2,1-7H3,(H,45,48)(H,46,49)(H,50,57)(H,51,58)/t34-,35+,37?,38?/m0/s1. The quantitative estimate of drug-likeness (QED) is 0.115. The van der Waals surface area contributed by atoms with Crippen LogP contribution in [0.25, 0.3) is 49.8 Å². The number of rotatable bonds is 10. The van der Waals surface area contributed by atoms with E-state index in [9.17, 15) is 19.2 Å². The first-order valence-corrected chi connectivity index (χ1v) is 20.6. The van der Waals surface area contributed by atoms with Gasteiger partial charge in [-0.05, 0) is 68.7 Å². The number of methoxy groups -OCH3 is 2. The second-order valence-electron chi connectivity index (χ2n) is 16.5. The van der Waals surface area contributed by atoms with Crippen LogP contribution in [0.1, 0.15) is 82.9 Å². The first-order valence-electron chi connectivity index (χ1n) is 20.6. The van der Waals surface area contributed by atoms with Gasteiger partial charge >= 0.3 is 12.2 Å². The van der Waals surface area contributed by atoms with Gasteiger partial charge in [0.2, 0.25) is 11.8 Å². The molecule has 2 unspecified atom stereocenters. The molecule has 2 aliphatic rings. The van der Waals surface area contributed by atoms with Gasteiger partial charge in [0, 0.05) is 35.0 Å². The number of carbonyl (C=O) groups excluding carboxylic acids is 4. The van der Waals surface area contributed by atoms with Crippen LogP contribution in [0.2, 0.25) is 0 Å². The third-order valence-electron chi connectivity index (χ3n) is 12.0. The normalized spacial score (nSPS) is 17.9. The van der Waals surface area contributed by atoms with E-state index in [1.165, 1.54) is 14.2 Å². The molecule has 16 nitrogen and oxygen atoms in total. The first kappa shape index (κ1) is 40.3. The monoisotopic (exact) mass is 816 g/mol. The molecule has 16 heteroatoms. The molecule has 0 saturated carbocycles. The minimum atomic E-state index is -0.704. The van der Waals surface area contributed by atoms with Crippen molar-refractivity contribution in [3.63, 3.8) is 0 Å². The number of aromatic amines is 2. The Morgan fingerprint density at radius 2 is 1.23 bits per heavy atom. The lowest BCUT2D eigenvalue weighted by Gasteiger charge is -2.30. The third-order valence-corrected chi connectivity index (χ3v) is 12.0. The molecule has 4 amide bonds. The average Bonchev–Trinajstić information content (AvgIpc) is 4.09. The van der Waals surface area contributed by atoms with Crippen molar-refractivity contribution in [3.05, 3.63) is 72.3 Å². The van der Waals surface area contributed by atoms with Gasteiger partial charge in [-0.25, -0.2) is 24.5 Å². The lowest BCUT2D eigenvalue weighted by atomic mass is 10.0. The van der Waals surface area contributed by atoms with Crippen LogP contribution in [0.15, 0.2) is 54.9 Å². The molecule has 60 heavy (non-hydrogen) atoms. The highest BCUT2D eigenvalue weighted by atomic mass is 16.5. The SMILES string of the molecule is COC(=O)NC(C(=O)N1CCC[C@@H]1c1ncc(-c2ccc3c(c2)nc(C)n2c4ccc(-c5cnc([C@@H]6CCCN6C(=O)C(NC(=O)OC)C(C)C)[nH]5)cc4cc32)[nH]1)C(C)C. The molecule has 8 rings (SSSR count). The van der Waals surface area contributed by atoms with E-state index in [1.807, 2.05) is 50.6 Å². The number of hydrogen-bond donors (Lipinski definition) is 4. The zero-order valence-electron chi connectivity index (χ0n) is 35.0. The molecule has 0 bridgehead atoms. The first-order chi connectivity index (χ1) is 28.9. The van der Waals surface area contributed by atoms with Gasteiger partial charge in [0.05, 0.1) is 66.6 Å². The number of nitrogens with zero attached hydrogens (tertiary/aromatic N) is 6. The Labute approximate surface area is 347 Å². The van der Waals surface area contributed by atoms with E-state index in [2.05, 4.69) is 67.5 Å². The molecule has 0 radical (unpaired) electrons. The Morgan fingerprint density at radius 1 is 0.717 bits per heavy atom. The number of aromatic nitrogens is 6. The van der Waals surface area contributed by atoms with Crippen molar-refractivity contribution in [1.82, 2.24) is 49.8 Å². The fourth-order valence-corrected chi connectivity index (χ4v) is 8.85. The Hall–Kier alpha value is -6.45. The highest BCUT2D eigenvalue weighted by molar-refractivity contribution is 6.03. The van der Waals surface area contributed by atoms with Gasteiger partial charge in [-0.15, -0.1) is 0 Å². The molecular formula is C44H52N10O6. The summed E-state index contributed by atoms with van der Waals surface area (Å²) in [5.41, 5.74) is 6.48. The van der Waals surface area contributed by atoms with Crippen LogP contribution < -0.4 is 10.6 Å². The van der Waals surface area contributed by atoms with Crippen molar-refractivity contribution >= 4 is 51.3 Å². The molecule has 2 aromatic carbocycles. The molecule has 314 valence electrons. The number of fused-ring (bicyclic) bond motifs is 5. The van der Waals surface area contributed by atoms with Crippen LogP contribution in [0.3, 0.4) is 0 Å². The zero-order valence-corrected chi connectivity index (χ0v) is 35.0. The van der Waals surface area contributed by atoms with E-state index >= 15 is 0 Å². The van der Waals surface area contributed by atoms with Gasteiger partial charge in [0.1, 0.15) is 29.6 Å². The maximum atomic E-state index is 13.7. The molecule has 4 atom stereocenters. The fourth-order valence-electron chi connectivity index (χ4n) is 8.85. The number of carbonyl (C=O) groups is 4. The van der Waals surface area contributed by atoms with Crippen molar-refractivity contribution in [2.45, 2.75) is 84.5 Å². The number of nitrogens with one attached hydrogen (secondary N) is 4. The predicted octanol–water partition coefficient (Wildman–Crippen LogP) is 6.82. The third kappa shape index (κ3) is 7.39. The number of hydrogen-bond acceptors (Lipinski definition) is 9. The summed E-state index contributed by atoms with van der Waals surface area (Å²) in [4.78, 5) is 76.5. The van der Waals surface area contributed by atoms with Gasteiger partial charge in [0.15, 0.2) is 0 Å². The number of likely N-dealkylation sites (tertiary alicyclic amines) is 2. The number of benzene rings is 2. The summed E-state index contributed by atoms with van der Waals surface area (Å²) in [5, 5.41) is 7.47. The van der Waals surface area contributed by atoms with E-state index in [0.717, 1.165) is 81.3 Å². The van der Waals surface area contributed by atoms with Gasteiger partial charge in [-0.3, -0.25) is 14.0 Å². The number of H-pyrrole nitrogens is 2. The largest absolute Gasteiger partial charge is 0.453 e. The minimum Gasteiger partial charge on any atom is -0.453 e. The van der Waals surface area contributed by atoms with Gasteiger partial charge < -0.3 is 39.9 Å². The van der Waals surface area contributed by atoms with E-state index in [1.54, 1.807) is 6.20 Å². The van der Waals surface area contributed by atoms with Crippen LogP contribution in [-0.2, 0) is 19.1 Å². The molecule has 2 aliphatic heterocycles. The minimum absolute atomic E-state index is 0.117. The van der Waals surface area contributed by atoms with E-state index in [-0.39, 0.29) is 35.7 Å². The molecule has 4 aromatic heterocycles. The summed E-state index contributed by atoms with van der Waals surface area (Å²) in [6.07, 6.45) is 5.56. The molecule has 0 aliphatic carbocycles. The van der Waals surface area contributed by atoms with E-state index in [4.69, 9.17) is 24.4 Å². The lowest BCUT2D eigenvalue weighted by Crippen LogP contribution is -2.51. The van der Waals surface area contributed by atoms with Crippen LogP contribution in [0.4, 0.5) is 9.59 Å². The molecule has 6 aromatic rings. The summed E-state index contributed by atoms with van der Waals surface area (Å²) in [6.45, 7) is 10.8. The molecule has 6 heterocycles. The second-order valence-corrected chi connectivity index (χ2v) is 16.5. The fraction of sp³-hybridized carbons (Fsp3) is 0.432. The van der Waals surface area contributed by atoms with Crippen LogP contribution in [0.5, 0.6) is 0 Å².